The third-order valence-corrected chi connectivity index (χ3v) is 6.84. The van der Waals surface area contributed by atoms with Crippen LogP contribution in [0.5, 0.6) is 0 Å². The lowest BCUT2D eigenvalue weighted by Crippen LogP contribution is -2.41. The van der Waals surface area contributed by atoms with Gasteiger partial charge < -0.3 is 20.9 Å². The highest BCUT2D eigenvalue weighted by Crippen LogP contribution is 2.29. The zero-order chi connectivity index (χ0) is 26.8. The van der Waals surface area contributed by atoms with Crippen molar-refractivity contribution in [2.45, 2.75) is 105 Å². The van der Waals surface area contributed by atoms with Crippen molar-refractivity contribution in [2.75, 3.05) is 13.2 Å². The number of hydrogen-bond donors (Lipinski definition) is 3. The Morgan fingerprint density at radius 2 is 1.75 bits per heavy atom. The zero-order valence-corrected chi connectivity index (χ0v) is 24.5. The molecular weight excluding hydrogens is 476 g/mol. The van der Waals surface area contributed by atoms with Crippen LogP contribution in [-0.2, 0) is 21.4 Å². The van der Waals surface area contributed by atoms with Gasteiger partial charge in [-0.2, -0.15) is 0 Å². The molecule has 1 aromatic rings. The largest absolute Gasteiger partial charge is 0.462 e. The summed E-state index contributed by atoms with van der Waals surface area (Å²) in [4.78, 5) is 25.1. The quantitative estimate of drug-likeness (QED) is 0.222. The molecule has 208 valence electrons. The van der Waals surface area contributed by atoms with Crippen molar-refractivity contribution in [3.8, 4) is 0 Å². The molecule has 1 unspecified atom stereocenters. The predicted molar refractivity (Wildman–Crippen MR) is 151 cm³/mol. The maximum absolute atomic E-state index is 12.8. The molecule has 36 heavy (non-hydrogen) atoms. The molecule has 6 nitrogen and oxygen atoms in total. The molecule has 0 saturated heterocycles. The lowest BCUT2D eigenvalue weighted by Gasteiger charge is -2.29. The standard InChI is InChI=1S/C29H50N2O4.ClH/c1-9-11-14-31-27(33)20(5)15-26(32)25(30)17-22(19(3)4)16-21-12-13-23(29(6,7)8)18-24(21)28(34)35-10-2;/h12-13,18-20,22,25-26,32H,9-11,14-17,30H2,1-8H3,(H,31,33);1H/t20?,22-,25-,26-;/m0./s1. The second kappa shape index (κ2) is 16.3. The van der Waals surface area contributed by atoms with Crippen LogP contribution < -0.4 is 11.1 Å². The monoisotopic (exact) mass is 526 g/mol. The molecule has 7 heteroatoms. The number of hydrogen-bond acceptors (Lipinski definition) is 5. The number of rotatable bonds is 14. The minimum absolute atomic E-state index is 0. The van der Waals surface area contributed by atoms with Gasteiger partial charge in [-0.3, -0.25) is 4.79 Å². The molecule has 0 aromatic heterocycles. The highest BCUT2D eigenvalue weighted by molar-refractivity contribution is 5.91. The first-order valence-electron chi connectivity index (χ1n) is 13.3. The van der Waals surface area contributed by atoms with E-state index >= 15 is 0 Å². The van der Waals surface area contributed by atoms with Crippen molar-refractivity contribution in [2.24, 2.45) is 23.5 Å². The molecule has 4 atom stereocenters. The molecule has 0 saturated carbocycles. The number of benzene rings is 1. The summed E-state index contributed by atoms with van der Waals surface area (Å²) in [6.45, 7) is 17.4. The molecule has 4 N–H and O–H groups in total. The Hall–Kier alpha value is -1.63. The molecule has 0 bridgehead atoms. The van der Waals surface area contributed by atoms with E-state index in [0.717, 1.165) is 24.0 Å². The van der Waals surface area contributed by atoms with Crippen molar-refractivity contribution < 1.29 is 19.4 Å². The Balaban J connectivity index is 0.0000122. The minimum atomic E-state index is -0.768. The summed E-state index contributed by atoms with van der Waals surface area (Å²) in [6.07, 6.45) is 2.81. The molecule has 0 spiro atoms. The number of aliphatic hydroxyl groups excluding tert-OH is 1. The molecule has 0 fully saturated rings. The molecule has 0 radical (unpaired) electrons. The number of nitrogens with two attached hydrogens (primary N) is 1. The smallest absolute Gasteiger partial charge is 0.338 e. The normalized spacial score (nSPS) is 15.0. The van der Waals surface area contributed by atoms with E-state index in [9.17, 15) is 14.7 Å². The molecule has 1 aromatic carbocycles. The van der Waals surface area contributed by atoms with Gasteiger partial charge in [-0.15, -0.1) is 12.4 Å². The number of halogens is 1. The van der Waals surface area contributed by atoms with Crippen LogP contribution in [0.3, 0.4) is 0 Å². The lowest BCUT2D eigenvalue weighted by atomic mass is 9.79. The Bertz CT molecular complexity index is 807. The molecular formula is C29H51ClN2O4. The van der Waals surface area contributed by atoms with Gasteiger partial charge in [-0.05, 0) is 67.1 Å². The van der Waals surface area contributed by atoms with Crippen LogP contribution in [0.2, 0.25) is 0 Å². The summed E-state index contributed by atoms with van der Waals surface area (Å²) in [5.74, 6) is -0.167. The van der Waals surface area contributed by atoms with E-state index in [1.54, 1.807) is 0 Å². The van der Waals surface area contributed by atoms with E-state index in [1.165, 1.54) is 0 Å². The second-order valence-electron chi connectivity index (χ2n) is 11.3. The van der Waals surface area contributed by atoms with Gasteiger partial charge in [0.05, 0.1) is 18.3 Å². The van der Waals surface area contributed by atoms with Gasteiger partial charge in [0.25, 0.3) is 0 Å². The van der Waals surface area contributed by atoms with Gasteiger partial charge >= 0.3 is 5.97 Å². The average Bonchev–Trinajstić information content (AvgIpc) is 2.77. The van der Waals surface area contributed by atoms with E-state index < -0.39 is 12.1 Å². The van der Waals surface area contributed by atoms with Crippen LogP contribution >= 0.6 is 12.4 Å². The first-order valence-corrected chi connectivity index (χ1v) is 13.3. The summed E-state index contributed by atoms with van der Waals surface area (Å²) in [5, 5.41) is 13.7. The molecule has 0 aliphatic carbocycles. The van der Waals surface area contributed by atoms with Gasteiger partial charge in [-0.1, -0.05) is 67.0 Å². The van der Waals surface area contributed by atoms with Gasteiger partial charge in [-0.25, -0.2) is 4.79 Å². The number of carbonyl (C=O) groups is 2. The first-order chi connectivity index (χ1) is 16.3. The summed E-state index contributed by atoms with van der Waals surface area (Å²) in [5.41, 5.74) is 8.99. The highest BCUT2D eigenvalue weighted by Gasteiger charge is 2.27. The highest BCUT2D eigenvalue weighted by atomic mass is 35.5. The van der Waals surface area contributed by atoms with E-state index in [4.69, 9.17) is 10.5 Å². The Morgan fingerprint density at radius 3 is 2.28 bits per heavy atom. The number of amides is 1. The van der Waals surface area contributed by atoms with Gasteiger partial charge in [0.1, 0.15) is 0 Å². The van der Waals surface area contributed by atoms with Gasteiger partial charge in [0.2, 0.25) is 5.91 Å². The number of nitrogens with one attached hydrogen (secondary N) is 1. The fourth-order valence-electron chi connectivity index (χ4n) is 4.21. The predicted octanol–water partition coefficient (Wildman–Crippen LogP) is 5.42. The number of esters is 1. The lowest BCUT2D eigenvalue weighted by molar-refractivity contribution is -0.125. The fraction of sp³-hybridized carbons (Fsp3) is 0.724. The topological polar surface area (TPSA) is 102 Å². The summed E-state index contributed by atoms with van der Waals surface area (Å²) < 4.78 is 5.36. The van der Waals surface area contributed by atoms with Crippen LogP contribution in [-0.4, -0.2) is 42.3 Å². The molecule has 1 amide bonds. The van der Waals surface area contributed by atoms with Crippen LogP contribution in [0.4, 0.5) is 0 Å². The van der Waals surface area contributed by atoms with Gasteiger partial charge in [0.15, 0.2) is 0 Å². The summed E-state index contributed by atoms with van der Waals surface area (Å²) in [7, 11) is 0. The van der Waals surface area contributed by atoms with E-state index in [2.05, 4.69) is 52.9 Å². The SMILES string of the molecule is CCCCNC(=O)C(C)C[C@H](O)[C@@H](N)C[C@H](Cc1ccc(C(C)(C)C)cc1C(=O)OCC)C(C)C.Cl. The van der Waals surface area contributed by atoms with E-state index in [1.807, 2.05) is 26.0 Å². The second-order valence-corrected chi connectivity index (χ2v) is 11.3. The molecule has 0 heterocycles. The molecule has 0 aliphatic rings. The van der Waals surface area contributed by atoms with Gasteiger partial charge in [0, 0.05) is 18.5 Å². The third kappa shape index (κ3) is 11.2. The van der Waals surface area contributed by atoms with Crippen molar-refractivity contribution >= 4 is 24.3 Å². The van der Waals surface area contributed by atoms with E-state index in [0.29, 0.717) is 43.9 Å². The van der Waals surface area contributed by atoms with E-state index in [-0.39, 0.29) is 41.5 Å². The Labute approximate surface area is 225 Å². The maximum atomic E-state index is 12.8. The van der Waals surface area contributed by atoms with Crippen LogP contribution in [0, 0.1) is 17.8 Å². The summed E-state index contributed by atoms with van der Waals surface area (Å²) >= 11 is 0. The fourth-order valence-corrected chi connectivity index (χ4v) is 4.21. The number of aliphatic hydroxyl groups is 1. The van der Waals surface area contributed by atoms with Crippen LogP contribution in [0.1, 0.15) is 103 Å². The minimum Gasteiger partial charge on any atom is -0.462 e. The maximum Gasteiger partial charge on any atom is 0.338 e. The van der Waals surface area contributed by atoms with Crippen LogP contribution in [0.15, 0.2) is 18.2 Å². The average molecular weight is 527 g/mol. The molecule has 0 aliphatic heterocycles. The zero-order valence-electron chi connectivity index (χ0n) is 23.7. The third-order valence-electron chi connectivity index (χ3n) is 6.84. The Kier molecular flexibility index (Phi) is 15.5. The molecule has 1 rings (SSSR count). The van der Waals surface area contributed by atoms with Crippen molar-refractivity contribution in [3.63, 3.8) is 0 Å². The van der Waals surface area contributed by atoms with Crippen molar-refractivity contribution in [1.82, 2.24) is 5.32 Å². The van der Waals surface area contributed by atoms with Crippen molar-refractivity contribution in [3.05, 3.63) is 34.9 Å². The van der Waals surface area contributed by atoms with Crippen LogP contribution in [0.25, 0.3) is 0 Å². The first kappa shape index (κ1) is 34.4. The Morgan fingerprint density at radius 1 is 1.11 bits per heavy atom. The number of unbranched alkanes of at least 4 members (excludes halogenated alkanes) is 1. The number of carbonyl (C=O) groups excluding carboxylic acids is 2. The summed E-state index contributed by atoms with van der Waals surface area (Å²) in [6, 6.07) is 5.63. The van der Waals surface area contributed by atoms with Crippen molar-refractivity contribution in [1.29, 1.82) is 0 Å². The number of ether oxygens (including phenoxy) is 1.